The molecule has 2 N–H and O–H groups in total. The molecule has 18 heavy (non-hydrogen) atoms. The molecule has 0 saturated heterocycles. The van der Waals surface area contributed by atoms with Crippen LogP contribution in [0.4, 0.5) is 5.69 Å². The highest BCUT2D eigenvalue weighted by molar-refractivity contribution is 7.80. The first kappa shape index (κ1) is 14.9. The summed E-state index contributed by atoms with van der Waals surface area (Å²) < 4.78 is 5.46. The van der Waals surface area contributed by atoms with Crippen molar-refractivity contribution in [3.8, 4) is 0 Å². The second kappa shape index (κ2) is 8.06. The topological polar surface area (TPSA) is 33.3 Å². The minimum Gasteiger partial charge on any atom is -0.379 e. The maximum atomic E-state index is 5.46. The molecule has 1 aromatic rings. The fourth-order valence-electron chi connectivity index (χ4n) is 1.47. The lowest BCUT2D eigenvalue weighted by Gasteiger charge is -2.12. The minimum atomic E-state index is 0.294. The summed E-state index contributed by atoms with van der Waals surface area (Å²) in [5.74, 6) is 0. The third kappa shape index (κ3) is 5.98. The highest BCUT2D eigenvalue weighted by atomic mass is 32.1. The number of rotatable bonds is 6. The van der Waals surface area contributed by atoms with Gasteiger partial charge in [-0.05, 0) is 51.0 Å². The number of thiocarbonyl (C=S) groups is 1. The summed E-state index contributed by atoms with van der Waals surface area (Å²) in [5.41, 5.74) is 2.23. The summed E-state index contributed by atoms with van der Waals surface area (Å²) in [5, 5.41) is 7.02. The summed E-state index contributed by atoms with van der Waals surface area (Å²) in [6.45, 7) is 7.72. The smallest absolute Gasteiger partial charge is 0.170 e. The van der Waals surface area contributed by atoms with Crippen molar-refractivity contribution in [2.75, 3.05) is 18.5 Å². The van der Waals surface area contributed by atoms with Crippen LogP contribution in [0.5, 0.6) is 0 Å². The number of aryl methyl sites for hydroxylation is 1. The number of para-hydroxylation sites is 1. The van der Waals surface area contributed by atoms with Crippen LogP contribution in [0.25, 0.3) is 0 Å². The van der Waals surface area contributed by atoms with Gasteiger partial charge < -0.3 is 15.4 Å². The van der Waals surface area contributed by atoms with Crippen LogP contribution in [0.3, 0.4) is 0 Å². The molecule has 3 nitrogen and oxygen atoms in total. The van der Waals surface area contributed by atoms with Gasteiger partial charge in [0.25, 0.3) is 0 Å². The Balaban J connectivity index is 2.20. The number of nitrogens with one attached hydrogen (secondary N) is 2. The number of anilines is 1. The zero-order valence-corrected chi connectivity index (χ0v) is 12.1. The summed E-state index contributed by atoms with van der Waals surface area (Å²) in [4.78, 5) is 0. The molecule has 0 heterocycles. The van der Waals surface area contributed by atoms with Gasteiger partial charge in [0.2, 0.25) is 0 Å². The van der Waals surface area contributed by atoms with E-state index in [0.717, 1.165) is 25.3 Å². The zero-order valence-electron chi connectivity index (χ0n) is 11.3. The molecule has 0 aliphatic carbocycles. The van der Waals surface area contributed by atoms with Crippen molar-refractivity contribution in [1.82, 2.24) is 5.32 Å². The summed E-state index contributed by atoms with van der Waals surface area (Å²) in [6.07, 6.45) is 1.25. The standard InChI is InChI=1S/C14H22N2OS/c1-11(2)17-10-6-9-15-14(18)16-13-8-5-4-7-12(13)3/h4-5,7-8,11H,6,9-10H2,1-3H3,(H2,15,16,18). The molecule has 100 valence electrons. The molecule has 0 amide bonds. The Kier molecular flexibility index (Phi) is 6.68. The van der Waals surface area contributed by atoms with Gasteiger partial charge in [0.15, 0.2) is 5.11 Å². The third-order valence-corrected chi connectivity index (χ3v) is 2.70. The zero-order chi connectivity index (χ0) is 13.4. The molecular weight excluding hydrogens is 244 g/mol. The predicted octanol–water partition coefficient (Wildman–Crippen LogP) is 3.10. The van der Waals surface area contributed by atoms with Crippen molar-refractivity contribution < 1.29 is 4.74 Å². The van der Waals surface area contributed by atoms with E-state index in [0.29, 0.717) is 11.2 Å². The number of hydrogen-bond donors (Lipinski definition) is 2. The lowest BCUT2D eigenvalue weighted by atomic mass is 10.2. The van der Waals surface area contributed by atoms with Gasteiger partial charge in [-0.1, -0.05) is 18.2 Å². The van der Waals surface area contributed by atoms with Gasteiger partial charge in [-0.3, -0.25) is 0 Å². The van der Waals surface area contributed by atoms with E-state index in [4.69, 9.17) is 17.0 Å². The number of ether oxygens (including phenoxy) is 1. The molecule has 0 aliphatic heterocycles. The Morgan fingerprint density at radius 1 is 1.33 bits per heavy atom. The lowest BCUT2D eigenvalue weighted by molar-refractivity contribution is 0.0777. The van der Waals surface area contributed by atoms with Gasteiger partial charge in [0.1, 0.15) is 0 Å². The van der Waals surface area contributed by atoms with Crippen LogP contribution in [0.15, 0.2) is 24.3 Å². The maximum Gasteiger partial charge on any atom is 0.170 e. The van der Waals surface area contributed by atoms with Crippen molar-refractivity contribution in [2.45, 2.75) is 33.3 Å². The molecular formula is C14H22N2OS. The molecule has 0 aliphatic rings. The van der Waals surface area contributed by atoms with Crippen molar-refractivity contribution in [1.29, 1.82) is 0 Å². The Labute approximate surface area is 115 Å². The normalized spacial score (nSPS) is 10.4. The second-order valence-corrected chi connectivity index (χ2v) is 4.88. The van der Waals surface area contributed by atoms with Crippen LogP contribution in [0, 0.1) is 6.92 Å². The summed E-state index contributed by atoms with van der Waals surface area (Å²) >= 11 is 5.23. The molecule has 0 unspecified atom stereocenters. The van der Waals surface area contributed by atoms with Gasteiger partial charge in [0.05, 0.1) is 6.10 Å². The average Bonchev–Trinajstić information content (AvgIpc) is 2.31. The minimum absolute atomic E-state index is 0.294. The second-order valence-electron chi connectivity index (χ2n) is 4.47. The van der Waals surface area contributed by atoms with Crippen molar-refractivity contribution in [2.24, 2.45) is 0 Å². The average molecular weight is 266 g/mol. The number of hydrogen-bond acceptors (Lipinski definition) is 2. The van der Waals surface area contributed by atoms with Crippen LogP contribution in [0.2, 0.25) is 0 Å². The van der Waals surface area contributed by atoms with Crippen molar-refractivity contribution >= 4 is 23.0 Å². The molecule has 0 atom stereocenters. The number of benzene rings is 1. The largest absolute Gasteiger partial charge is 0.379 e. The molecule has 1 rings (SSSR count). The molecule has 0 saturated carbocycles. The first-order chi connectivity index (χ1) is 8.59. The monoisotopic (exact) mass is 266 g/mol. The van der Waals surface area contributed by atoms with E-state index in [1.807, 2.05) is 32.0 Å². The molecule has 0 bridgehead atoms. The van der Waals surface area contributed by atoms with E-state index in [1.54, 1.807) is 0 Å². The Morgan fingerprint density at radius 2 is 2.06 bits per heavy atom. The quantitative estimate of drug-likeness (QED) is 0.612. The SMILES string of the molecule is Cc1ccccc1NC(=S)NCCCOC(C)C. The Hall–Kier alpha value is -1.13. The highest BCUT2D eigenvalue weighted by Crippen LogP contribution is 2.12. The van der Waals surface area contributed by atoms with E-state index >= 15 is 0 Å². The van der Waals surface area contributed by atoms with Crippen LogP contribution in [-0.4, -0.2) is 24.4 Å². The molecule has 0 aromatic heterocycles. The Morgan fingerprint density at radius 3 is 2.72 bits per heavy atom. The lowest BCUT2D eigenvalue weighted by Crippen LogP contribution is -2.30. The van der Waals surface area contributed by atoms with E-state index in [2.05, 4.69) is 23.6 Å². The summed E-state index contributed by atoms with van der Waals surface area (Å²) in [6, 6.07) is 8.08. The van der Waals surface area contributed by atoms with E-state index < -0.39 is 0 Å². The summed E-state index contributed by atoms with van der Waals surface area (Å²) in [7, 11) is 0. The van der Waals surface area contributed by atoms with Crippen LogP contribution in [-0.2, 0) is 4.74 Å². The molecule has 1 aromatic carbocycles. The fraction of sp³-hybridized carbons (Fsp3) is 0.500. The Bertz CT molecular complexity index is 380. The van der Waals surface area contributed by atoms with Gasteiger partial charge in [-0.25, -0.2) is 0 Å². The van der Waals surface area contributed by atoms with Crippen molar-refractivity contribution in [3.63, 3.8) is 0 Å². The third-order valence-electron chi connectivity index (χ3n) is 2.45. The van der Waals surface area contributed by atoms with Crippen LogP contribution in [0.1, 0.15) is 25.8 Å². The van der Waals surface area contributed by atoms with Gasteiger partial charge >= 0.3 is 0 Å². The highest BCUT2D eigenvalue weighted by Gasteiger charge is 1.99. The first-order valence-corrected chi connectivity index (χ1v) is 6.72. The van der Waals surface area contributed by atoms with E-state index in [9.17, 15) is 0 Å². The fourth-order valence-corrected chi connectivity index (χ4v) is 1.68. The maximum absolute atomic E-state index is 5.46. The van der Waals surface area contributed by atoms with Gasteiger partial charge in [-0.15, -0.1) is 0 Å². The van der Waals surface area contributed by atoms with Crippen LogP contribution >= 0.6 is 12.2 Å². The van der Waals surface area contributed by atoms with Crippen LogP contribution < -0.4 is 10.6 Å². The van der Waals surface area contributed by atoms with Crippen molar-refractivity contribution in [3.05, 3.63) is 29.8 Å². The molecule has 0 spiro atoms. The van der Waals surface area contributed by atoms with E-state index in [1.165, 1.54) is 5.56 Å². The van der Waals surface area contributed by atoms with E-state index in [-0.39, 0.29) is 0 Å². The first-order valence-electron chi connectivity index (χ1n) is 6.31. The molecule has 4 heteroatoms. The molecule has 0 radical (unpaired) electrons. The molecule has 0 fully saturated rings. The van der Waals surface area contributed by atoms with Gasteiger partial charge in [-0.2, -0.15) is 0 Å². The van der Waals surface area contributed by atoms with Gasteiger partial charge in [0, 0.05) is 18.8 Å². The predicted molar refractivity (Wildman–Crippen MR) is 81.1 cm³/mol.